The standard InChI is InChI=1S/C9H10N2O/c1-9(2)6-4-3-5-10-7(6)8(12)11-9/h3-5H,1-2H3,(H,11,12). The van der Waals surface area contributed by atoms with Crippen molar-refractivity contribution in [2.24, 2.45) is 0 Å². The second kappa shape index (κ2) is 2.06. The predicted molar refractivity (Wildman–Crippen MR) is 44.7 cm³/mol. The van der Waals surface area contributed by atoms with E-state index in [1.54, 1.807) is 6.20 Å². The van der Waals surface area contributed by atoms with Crippen molar-refractivity contribution in [2.75, 3.05) is 0 Å². The van der Waals surface area contributed by atoms with Gasteiger partial charge in [-0.05, 0) is 19.9 Å². The van der Waals surface area contributed by atoms with Crippen molar-refractivity contribution >= 4 is 5.91 Å². The van der Waals surface area contributed by atoms with Gasteiger partial charge in [0.25, 0.3) is 5.91 Å². The van der Waals surface area contributed by atoms with Crippen LogP contribution in [0.5, 0.6) is 0 Å². The van der Waals surface area contributed by atoms with Crippen LogP contribution in [-0.2, 0) is 5.54 Å². The second-order valence-corrected chi connectivity index (χ2v) is 3.48. The van der Waals surface area contributed by atoms with Gasteiger partial charge in [0, 0.05) is 11.8 Å². The molecule has 0 atom stereocenters. The van der Waals surface area contributed by atoms with E-state index in [2.05, 4.69) is 10.3 Å². The largest absolute Gasteiger partial charge is 0.342 e. The first kappa shape index (κ1) is 7.28. The first-order valence-electron chi connectivity index (χ1n) is 3.89. The highest BCUT2D eigenvalue weighted by molar-refractivity contribution is 5.97. The molecule has 0 saturated carbocycles. The molecule has 1 aromatic heterocycles. The zero-order chi connectivity index (χ0) is 8.77. The lowest BCUT2D eigenvalue weighted by Crippen LogP contribution is -2.32. The molecule has 3 nitrogen and oxygen atoms in total. The molecule has 3 heteroatoms. The smallest absolute Gasteiger partial charge is 0.270 e. The number of carbonyl (C=O) groups is 1. The summed E-state index contributed by atoms with van der Waals surface area (Å²) in [6.45, 7) is 3.94. The molecule has 1 amide bonds. The number of carbonyl (C=O) groups excluding carboxylic acids is 1. The monoisotopic (exact) mass is 162 g/mol. The molecule has 1 aromatic rings. The van der Waals surface area contributed by atoms with E-state index >= 15 is 0 Å². The van der Waals surface area contributed by atoms with Crippen LogP contribution in [0.15, 0.2) is 18.3 Å². The third-order valence-corrected chi connectivity index (χ3v) is 2.12. The zero-order valence-electron chi connectivity index (χ0n) is 7.09. The Bertz CT molecular complexity index is 344. The molecule has 0 aliphatic carbocycles. The van der Waals surface area contributed by atoms with Gasteiger partial charge in [0.15, 0.2) is 0 Å². The van der Waals surface area contributed by atoms with Crippen LogP contribution in [0.25, 0.3) is 0 Å². The number of pyridine rings is 1. The van der Waals surface area contributed by atoms with Gasteiger partial charge >= 0.3 is 0 Å². The Balaban J connectivity index is 2.66. The van der Waals surface area contributed by atoms with Gasteiger partial charge in [0.1, 0.15) is 5.69 Å². The molecule has 0 spiro atoms. The Morgan fingerprint density at radius 2 is 2.25 bits per heavy atom. The molecule has 0 fully saturated rings. The Morgan fingerprint density at radius 1 is 1.50 bits per heavy atom. The van der Waals surface area contributed by atoms with Crippen LogP contribution < -0.4 is 5.32 Å². The maximum Gasteiger partial charge on any atom is 0.270 e. The van der Waals surface area contributed by atoms with E-state index in [1.165, 1.54) is 0 Å². The van der Waals surface area contributed by atoms with E-state index in [9.17, 15) is 4.79 Å². The van der Waals surface area contributed by atoms with Crippen molar-refractivity contribution in [2.45, 2.75) is 19.4 Å². The fourth-order valence-corrected chi connectivity index (χ4v) is 1.50. The molecular weight excluding hydrogens is 152 g/mol. The van der Waals surface area contributed by atoms with Crippen LogP contribution >= 0.6 is 0 Å². The van der Waals surface area contributed by atoms with Gasteiger partial charge in [0.05, 0.1) is 5.54 Å². The van der Waals surface area contributed by atoms with Crippen molar-refractivity contribution in [3.05, 3.63) is 29.6 Å². The number of aromatic nitrogens is 1. The van der Waals surface area contributed by atoms with E-state index in [4.69, 9.17) is 0 Å². The summed E-state index contributed by atoms with van der Waals surface area (Å²) in [4.78, 5) is 15.3. The van der Waals surface area contributed by atoms with Crippen molar-refractivity contribution in [3.63, 3.8) is 0 Å². The molecular formula is C9H10N2O. The Labute approximate surface area is 70.8 Å². The fourth-order valence-electron chi connectivity index (χ4n) is 1.50. The van der Waals surface area contributed by atoms with Crippen LogP contribution in [0.4, 0.5) is 0 Å². The molecule has 1 N–H and O–H groups in total. The summed E-state index contributed by atoms with van der Waals surface area (Å²) in [5.41, 5.74) is 1.28. The van der Waals surface area contributed by atoms with E-state index in [-0.39, 0.29) is 11.4 Å². The van der Waals surface area contributed by atoms with Crippen LogP contribution in [0.3, 0.4) is 0 Å². The van der Waals surface area contributed by atoms with Gasteiger partial charge in [0.2, 0.25) is 0 Å². The molecule has 0 radical (unpaired) electrons. The van der Waals surface area contributed by atoms with Crippen LogP contribution in [0.2, 0.25) is 0 Å². The molecule has 12 heavy (non-hydrogen) atoms. The van der Waals surface area contributed by atoms with Gasteiger partial charge in [-0.1, -0.05) is 6.07 Å². The van der Waals surface area contributed by atoms with Gasteiger partial charge in [-0.25, -0.2) is 0 Å². The number of hydrogen-bond acceptors (Lipinski definition) is 2. The minimum Gasteiger partial charge on any atom is -0.342 e. The predicted octanol–water partition coefficient (Wildman–Crippen LogP) is 1.06. The summed E-state index contributed by atoms with van der Waals surface area (Å²) in [6.07, 6.45) is 1.64. The third kappa shape index (κ3) is 0.826. The number of rotatable bonds is 0. The maximum atomic E-state index is 11.3. The Hall–Kier alpha value is -1.38. The number of amides is 1. The summed E-state index contributed by atoms with van der Waals surface area (Å²) in [6, 6.07) is 3.78. The lowest BCUT2D eigenvalue weighted by atomic mass is 9.97. The molecule has 0 bridgehead atoms. The van der Waals surface area contributed by atoms with Gasteiger partial charge in [-0.3, -0.25) is 9.78 Å². The number of fused-ring (bicyclic) bond motifs is 1. The first-order chi connectivity index (χ1) is 5.61. The third-order valence-electron chi connectivity index (χ3n) is 2.12. The number of hydrogen-bond donors (Lipinski definition) is 1. The lowest BCUT2D eigenvalue weighted by Gasteiger charge is -2.17. The van der Waals surface area contributed by atoms with Gasteiger partial charge in [-0.15, -0.1) is 0 Å². The molecule has 0 aromatic carbocycles. The van der Waals surface area contributed by atoms with Gasteiger partial charge in [-0.2, -0.15) is 0 Å². The summed E-state index contributed by atoms with van der Waals surface area (Å²) in [7, 11) is 0. The van der Waals surface area contributed by atoms with E-state index < -0.39 is 0 Å². The average Bonchev–Trinajstić information content (AvgIpc) is 2.25. The lowest BCUT2D eigenvalue weighted by molar-refractivity contribution is 0.0936. The summed E-state index contributed by atoms with van der Waals surface area (Å²) < 4.78 is 0. The SMILES string of the molecule is CC1(C)NC(=O)c2ncccc21. The highest BCUT2D eigenvalue weighted by atomic mass is 16.2. The molecule has 2 heterocycles. The molecule has 62 valence electrons. The fraction of sp³-hybridized carbons (Fsp3) is 0.333. The minimum absolute atomic E-state index is 0.0735. The van der Waals surface area contributed by atoms with Gasteiger partial charge < -0.3 is 5.32 Å². The van der Waals surface area contributed by atoms with E-state index in [1.807, 2.05) is 26.0 Å². The summed E-state index contributed by atoms with van der Waals surface area (Å²) in [5, 5.41) is 2.86. The normalized spacial score (nSPS) is 18.7. The zero-order valence-corrected chi connectivity index (χ0v) is 7.09. The highest BCUT2D eigenvalue weighted by Crippen LogP contribution is 2.28. The topological polar surface area (TPSA) is 42.0 Å². The molecule has 1 aliphatic heterocycles. The van der Waals surface area contributed by atoms with Crippen molar-refractivity contribution < 1.29 is 4.79 Å². The van der Waals surface area contributed by atoms with Crippen LogP contribution in [-0.4, -0.2) is 10.9 Å². The van der Waals surface area contributed by atoms with Crippen LogP contribution in [0, 0.1) is 0 Å². The molecule has 0 saturated heterocycles. The number of nitrogens with zero attached hydrogens (tertiary/aromatic N) is 1. The molecule has 1 aliphatic rings. The van der Waals surface area contributed by atoms with E-state index in [0.29, 0.717) is 5.69 Å². The van der Waals surface area contributed by atoms with Crippen molar-refractivity contribution in [1.29, 1.82) is 0 Å². The van der Waals surface area contributed by atoms with Crippen molar-refractivity contribution in [3.8, 4) is 0 Å². The molecule has 2 rings (SSSR count). The minimum atomic E-state index is -0.263. The maximum absolute atomic E-state index is 11.3. The summed E-state index contributed by atoms with van der Waals surface area (Å²) >= 11 is 0. The first-order valence-corrected chi connectivity index (χ1v) is 3.89. The quantitative estimate of drug-likeness (QED) is 0.619. The van der Waals surface area contributed by atoms with E-state index in [0.717, 1.165) is 5.56 Å². The summed E-state index contributed by atoms with van der Waals surface area (Å²) in [5.74, 6) is -0.0735. The second-order valence-electron chi connectivity index (χ2n) is 3.48. The Kier molecular flexibility index (Phi) is 1.25. The number of nitrogens with one attached hydrogen (secondary N) is 1. The van der Waals surface area contributed by atoms with Crippen molar-refractivity contribution in [1.82, 2.24) is 10.3 Å². The van der Waals surface area contributed by atoms with Crippen LogP contribution in [0.1, 0.15) is 29.9 Å². The Morgan fingerprint density at radius 3 is 2.92 bits per heavy atom. The average molecular weight is 162 g/mol. The highest BCUT2D eigenvalue weighted by Gasteiger charge is 2.35. The molecule has 0 unspecified atom stereocenters.